The maximum atomic E-state index is 4.12. The molecular weight excluding hydrogens is 110 g/mol. The summed E-state index contributed by atoms with van der Waals surface area (Å²) in [5.74, 6) is 0.437. The second kappa shape index (κ2) is 3.99. The molecule has 0 spiro atoms. The lowest BCUT2D eigenvalue weighted by molar-refractivity contribution is 0.413. The summed E-state index contributed by atoms with van der Waals surface area (Å²) in [7, 11) is 0. The van der Waals surface area contributed by atoms with E-state index in [1.54, 1.807) is 6.21 Å². The van der Waals surface area contributed by atoms with Crippen LogP contribution in [-0.4, -0.2) is 6.21 Å². The first-order chi connectivity index (χ1) is 3.27. The fourth-order valence-electron chi connectivity index (χ4n) is 0.149. The van der Waals surface area contributed by atoms with Gasteiger partial charge in [-0.15, -0.1) is 0 Å². The van der Waals surface area contributed by atoms with Crippen LogP contribution in [0.4, 0.5) is 0 Å². The second-order valence-corrected chi connectivity index (χ2v) is 1.74. The van der Waals surface area contributed by atoms with E-state index in [4.69, 9.17) is 0 Å². The zero-order valence-electron chi connectivity index (χ0n) is 4.46. The molecule has 0 heterocycles. The van der Waals surface area contributed by atoms with Crippen molar-refractivity contribution in [1.29, 1.82) is 0 Å². The molecule has 0 atom stereocenters. The number of nitrogens with zero attached hydrogens (tertiary/aromatic N) is 1. The highest BCUT2D eigenvalue weighted by atomic mass is 32.1. The van der Waals surface area contributed by atoms with Crippen LogP contribution in [0, 0.1) is 5.92 Å². The maximum Gasteiger partial charge on any atom is 0.0715 e. The van der Waals surface area contributed by atoms with Crippen LogP contribution in [0.15, 0.2) is 5.16 Å². The van der Waals surface area contributed by atoms with Crippen molar-refractivity contribution in [2.24, 2.45) is 11.1 Å². The lowest BCUT2D eigenvalue weighted by Crippen LogP contribution is -1.85. The minimum Gasteiger partial charge on any atom is -0.326 e. The summed E-state index contributed by atoms with van der Waals surface area (Å²) in [6.45, 7) is 4.02. The highest BCUT2D eigenvalue weighted by molar-refractivity contribution is 7.75. The highest BCUT2D eigenvalue weighted by Gasteiger charge is 1.81. The number of hydrogen-bond acceptors (Lipinski definition) is 3. The number of rotatable bonds is 2. The molecule has 0 aliphatic rings. The van der Waals surface area contributed by atoms with Gasteiger partial charge in [0.15, 0.2) is 0 Å². The largest absolute Gasteiger partial charge is 0.326 e. The topological polar surface area (TPSA) is 21.6 Å². The Morgan fingerprint density at radius 2 is 2.29 bits per heavy atom. The Hall–Kier alpha value is -0.180. The zero-order chi connectivity index (χ0) is 5.70. The molecule has 0 saturated carbocycles. The maximum absolute atomic E-state index is 4.12. The van der Waals surface area contributed by atoms with Crippen LogP contribution in [0.25, 0.3) is 0 Å². The van der Waals surface area contributed by atoms with E-state index in [1.807, 2.05) is 13.8 Å². The Balaban J connectivity index is 3.08. The molecule has 2 nitrogen and oxygen atoms in total. The number of oxime groups is 1. The van der Waals surface area contributed by atoms with Crippen LogP contribution in [0.3, 0.4) is 0 Å². The predicted octanol–water partition coefficient (Wildman–Crippen LogP) is 1.49. The first-order valence-corrected chi connectivity index (χ1v) is 2.48. The molecule has 0 amide bonds. The Kier molecular flexibility index (Phi) is 3.89. The molecule has 0 aromatic carbocycles. The number of thiol groups is 1. The molecule has 0 unspecified atom stereocenters. The summed E-state index contributed by atoms with van der Waals surface area (Å²) >= 11 is 3.40. The Morgan fingerprint density at radius 1 is 1.71 bits per heavy atom. The van der Waals surface area contributed by atoms with E-state index < -0.39 is 0 Å². The van der Waals surface area contributed by atoms with Gasteiger partial charge in [0.25, 0.3) is 0 Å². The van der Waals surface area contributed by atoms with Gasteiger partial charge in [0.1, 0.15) is 0 Å². The molecular formula is C4H9NOS. The Morgan fingerprint density at radius 3 is 2.43 bits per heavy atom. The van der Waals surface area contributed by atoms with Crippen molar-refractivity contribution < 1.29 is 4.28 Å². The Labute approximate surface area is 49.2 Å². The second-order valence-electron chi connectivity index (χ2n) is 1.58. The van der Waals surface area contributed by atoms with Crippen LogP contribution in [0.2, 0.25) is 0 Å². The van der Waals surface area contributed by atoms with Crippen molar-refractivity contribution in [3.05, 3.63) is 0 Å². The molecule has 7 heavy (non-hydrogen) atoms. The van der Waals surface area contributed by atoms with E-state index in [1.165, 1.54) is 0 Å². The van der Waals surface area contributed by atoms with Gasteiger partial charge in [-0.2, -0.15) is 0 Å². The summed E-state index contributed by atoms with van der Waals surface area (Å²) in [5.41, 5.74) is 0. The van der Waals surface area contributed by atoms with E-state index in [2.05, 4.69) is 22.3 Å². The number of hydrogen-bond donors (Lipinski definition) is 1. The molecule has 0 aromatic heterocycles. The van der Waals surface area contributed by atoms with Crippen molar-refractivity contribution >= 4 is 19.1 Å². The van der Waals surface area contributed by atoms with Crippen LogP contribution >= 0.6 is 12.9 Å². The molecule has 0 aliphatic carbocycles. The molecule has 42 valence electrons. The average molecular weight is 119 g/mol. The van der Waals surface area contributed by atoms with Gasteiger partial charge >= 0.3 is 0 Å². The van der Waals surface area contributed by atoms with Crippen LogP contribution in [0.5, 0.6) is 0 Å². The van der Waals surface area contributed by atoms with Gasteiger partial charge in [0, 0.05) is 6.21 Å². The standard InChI is InChI=1S/C4H9NOS/c1-4(2)3-5-6-7/h3-4,7H,1-2H3. The third kappa shape index (κ3) is 5.82. The molecule has 0 radical (unpaired) electrons. The predicted molar refractivity (Wildman–Crippen MR) is 33.4 cm³/mol. The van der Waals surface area contributed by atoms with Crippen LogP contribution in [-0.2, 0) is 4.28 Å². The summed E-state index contributed by atoms with van der Waals surface area (Å²) in [6.07, 6.45) is 1.67. The monoisotopic (exact) mass is 119 g/mol. The van der Waals surface area contributed by atoms with Gasteiger partial charge in [-0.3, -0.25) is 0 Å². The highest BCUT2D eigenvalue weighted by Crippen LogP contribution is 1.86. The van der Waals surface area contributed by atoms with Crippen LogP contribution < -0.4 is 0 Å². The first kappa shape index (κ1) is 6.82. The molecule has 3 heteroatoms. The van der Waals surface area contributed by atoms with Crippen molar-refractivity contribution in [1.82, 2.24) is 0 Å². The molecule has 0 bridgehead atoms. The van der Waals surface area contributed by atoms with E-state index >= 15 is 0 Å². The van der Waals surface area contributed by atoms with E-state index in [9.17, 15) is 0 Å². The van der Waals surface area contributed by atoms with Gasteiger partial charge in [-0.05, 0) is 5.92 Å². The smallest absolute Gasteiger partial charge is 0.0715 e. The molecule has 0 rings (SSSR count). The van der Waals surface area contributed by atoms with E-state index in [0.717, 1.165) is 0 Å². The van der Waals surface area contributed by atoms with Crippen molar-refractivity contribution in [3.63, 3.8) is 0 Å². The van der Waals surface area contributed by atoms with Crippen LogP contribution in [0.1, 0.15) is 13.8 Å². The summed E-state index contributed by atoms with van der Waals surface area (Å²) < 4.78 is 4.12. The Bertz CT molecular complexity index is 62.7. The average Bonchev–Trinajstić information content (AvgIpc) is 1.61. The van der Waals surface area contributed by atoms with Gasteiger partial charge in [0.05, 0.1) is 12.9 Å². The van der Waals surface area contributed by atoms with Gasteiger partial charge in [0.2, 0.25) is 0 Å². The van der Waals surface area contributed by atoms with Crippen molar-refractivity contribution in [3.8, 4) is 0 Å². The SMILES string of the molecule is CC(C)C=NOS. The fourth-order valence-corrected chi connectivity index (χ4v) is 0.203. The van der Waals surface area contributed by atoms with Gasteiger partial charge in [-0.25, -0.2) is 0 Å². The third-order valence-electron chi connectivity index (χ3n) is 0.406. The molecule has 0 aliphatic heterocycles. The van der Waals surface area contributed by atoms with Gasteiger partial charge < -0.3 is 4.28 Å². The fraction of sp³-hybridized carbons (Fsp3) is 0.750. The lowest BCUT2D eigenvalue weighted by Gasteiger charge is -1.87. The van der Waals surface area contributed by atoms with E-state index in [0.29, 0.717) is 5.92 Å². The first-order valence-electron chi connectivity index (χ1n) is 2.11. The minimum absolute atomic E-state index is 0.437. The summed E-state index contributed by atoms with van der Waals surface area (Å²) in [4.78, 5) is 0. The zero-order valence-corrected chi connectivity index (χ0v) is 5.35. The molecule has 0 N–H and O–H groups in total. The van der Waals surface area contributed by atoms with E-state index in [-0.39, 0.29) is 0 Å². The molecule has 0 aromatic rings. The quantitative estimate of drug-likeness (QED) is 0.253. The lowest BCUT2D eigenvalue weighted by atomic mass is 10.3. The normalized spacial score (nSPS) is 10.9. The molecule has 0 saturated heterocycles. The van der Waals surface area contributed by atoms with Crippen molar-refractivity contribution in [2.75, 3.05) is 0 Å². The summed E-state index contributed by atoms with van der Waals surface area (Å²) in [6, 6.07) is 0. The minimum atomic E-state index is 0.437. The third-order valence-corrected chi connectivity index (χ3v) is 0.500. The molecule has 0 fully saturated rings. The summed E-state index contributed by atoms with van der Waals surface area (Å²) in [5, 5.41) is 3.41. The van der Waals surface area contributed by atoms with Crippen molar-refractivity contribution in [2.45, 2.75) is 13.8 Å². The van der Waals surface area contributed by atoms with Gasteiger partial charge in [-0.1, -0.05) is 19.0 Å².